The fourth-order valence-electron chi connectivity index (χ4n) is 3.40. The number of hydrogen-bond donors (Lipinski definition) is 1. The van der Waals surface area contributed by atoms with Gasteiger partial charge in [0.05, 0.1) is 12.6 Å². The van der Waals surface area contributed by atoms with E-state index in [-0.39, 0.29) is 24.4 Å². The van der Waals surface area contributed by atoms with Crippen LogP contribution in [0.25, 0.3) is 6.08 Å². The average molecular weight is 409 g/mol. The molecule has 2 aromatic heterocycles. The molecule has 1 aliphatic heterocycles. The van der Waals surface area contributed by atoms with Crippen molar-refractivity contribution in [2.45, 2.75) is 12.5 Å². The van der Waals surface area contributed by atoms with E-state index in [0.29, 0.717) is 6.54 Å². The smallest absolute Gasteiger partial charge is 0.244 e. The van der Waals surface area contributed by atoms with Crippen molar-refractivity contribution < 1.29 is 9.59 Å². The van der Waals surface area contributed by atoms with Crippen molar-refractivity contribution in [3.63, 3.8) is 0 Å². The summed E-state index contributed by atoms with van der Waals surface area (Å²) in [5.74, 6) is -0.324. The number of rotatable bonds is 5. The highest BCUT2D eigenvalue weighted by Crippen LogP contribution is 2.39. The summed E-state index contributed by atoms with van der Waals surface area (Å²) < 4.78 is 0. The lowest BCUT2D eigenvalue weighted by Gasteiger charge is -2.35. The topological polar surface area (TPSA) is 49.4 Å². The van der Waals surface area contributed by atoms with Crippen LogP contribution in [0.5, 0.6) is 0 Å². The molecule has 0 bridgehead atoms. The lowest BCUT2D eigenvalue weighted by molar-refractivity contribution is -0.133. The number of nitrogens with zero attached hydrogens (tertiary/aromatic N) is 1. The fourth-order valence-corrected chi connectivity index (χ4v) is 5.16. The molecule has 28 heavy (non-hydrogen) atoms. The molecular formula is C22H20N2O2S2. The first-order valence-electron chi connectivity index (χ1n) is 9.12. The van der Waals surface area contributed by atoms with Gasteiger partial charge in [0.2, 0.25) is 11.8 Å². The zero-order chi connectivity index (χ0) is 19.3. The van der Waals surface area contributed by atoms with Crippen molar-refractivity contribution >= 4 is 40.6 Å². The minimum absolute atomic E-state index is 0.000686. The van der Waals surface area contributed by atoms with Crippen LogP contribution >= 0.6 is 22.7 Å². The van der Waals surface area contributed by atoms with Gasteiger partial charge in [0.15, 0.2) is 0 Å². The molecule has 1 N–H and O–H groups in total. The molecule has 6 heteroatoms. The molecule has 0 saturated heterocycles. The van der Waals surface area contributed by atoms with Crippen LogP contribution in [0.2, 0.25) is 0 Å². The third-order valence-electron chi connectivity index (χ3n) is 4.74. The minimum Gasteiger partial charge on any atom is -0.343 e. The molecule has 4 rings (SSSR count). The highest BCUT2D eigenvalue weighted by molar-refractivity contribution is 7.10. The Labute approximate surface area is 172 Å². The number of hydrogen-bond acceptors (Lipinski definition) is 4. The van der Waals surface area contributed by atoms with Crippen LogP contribution in [0.4, 0.5) is 0 Å². The first kappa shape index (κ1) is 18.7. The van der Waals surface area contributed by atoms with Crippen molar-refractivity contribution in [2.75, 3.05) is 13.1 Å². The molecule has 0 fully saturated rings. The normalized spacial score (nSPS) is 16.1. The number of carbonyl (C=O) groups excluding carboxylic acids is 2. The predicted octanol–water partition coefficient (Wildman–Crippen LogP) is 4.11. The first-order valence-corrected chi connectivity index (χ1v) is 10.9. The fraction of sp³-hybridized carbons (Fsp3) is 0.182. The van der Waals surface area contributed by atoms with E-state index >= 15 is 0 Å². The van der Waals surface area contributed by atoms with E-state index in [2.05, 4.69) is 22.8 Å². The van der Waals surface area contributed by atoms with Gasteiger partial charge < -0.3 is 10.2 Å². The van der Waals surface area contributed by atoms with Crippen LogP contribution in [0.1, 0.15) is 26.9 Å². The molecule has 0 radical (unpaired) electrons. The number of carbonyl (C=O) groups is 2. The molecule has 142 valence electrons. The number of nitrogens with one attached hydrogen (secondary N) is 1. The summed E-state index contributed by atoms with van der Waals surface area (Å²) in [6.07, 6.45) is 4.07. The summed E-state index contributed by atoms with van der Waals surface area (Å²) in [7, 11) is 0. The Balaban J connectivity index is 1.42. The van der Waals surface area contributed by atoms with Crippen LogP contribution in [0.15, 0.2) is 65.4 Å². The molecule has 0 spiro atoms. The van der Waals surface area contributed by atoms with Crippen LogP contribution in [-0.2, 0) is 16.0 Å². The minimum atomic E-state index is -0.266. The van der Waals surface area contributed by atoms with E-state index in [4.69, 9.17) is 0 Å². The molecule has 1 atom stereocenters. The van der Waals surface area contributed by atoms with Gasteiger partial charge in [0.25, 0.3) is 0 Å². The monoisotopic (exact) mass is 408 g/mol. The second-order valence-electron chi connectivity index (χ2n) is 6.52. The van der Waals surface area contributed by atoms with Gasteiger partial charge in [-0.05, 0) is 46.5 Å². The molecule has 1 aliphatic rings. The predicted molar refractivity (Wildman–Crippen MR) is 114 cm³/mol. The zero-order valence-electron chi connectivity index (χ0n) is 15.2. The van der Waals surface area contributed by atoms with E-state index in [9.17, 15) is 9.59 Å². The maximum absolute atomic E-state index is 12.9. The summed E-state index contributed by atoms with van der Waals surface area (Å²) in [6.45, 7) is 0.671. The van der Waals surface area contributed by atoms with Crippen molar-refractivity contribution in [3.8, 4) is 0 Å². The van der Waals surface area contributed by atoms with Crippen molar-refractivity contribution in [1.82, 2.24) is 10.2 Å². The van der Waals surface area contributed by atoms with Gasteiger partial charge in [0.1, 0.15) is 0 Å². The van der Waals surface area contributed by atoms with Gasteiger partial charge in [-0.3, -0.25) is 9.59 Å². The van der Waals surface area contributed by atoms with Crippen molar-refractivity contribution in [3.05, 3.63) is 86.2 Å². The van der Waals surface area contributed by atoms with E-state index in [0.717, 1.165) is 16.9 Å². The van der Waals surface area contributed by atoms with Gasteiger partial charge in [-0.15, -0.1) is 22.7 Å². The second kappa shape index (κ2) is 8.54. The quantitative estimate of drug-likeness (QED) is 0.646. The van der Waals surface area contributed by atoms with E-state index in [1.807, 2.05) is 46.7 Å². The van der Waals surface area contributed by atoms with E-state index in [1.165, 1.54) is 16.5 Å². The van der Waals surface area contributed by atoms with Crippen molar-refractivity contribution in [2.24, 2.45) is 0 Å². The summed E-state index contributed by atoms with van der Waals surface area (Å²) in [6, 6.07) is 15.8. The van der Waals surface area contributed by atoms with Crippen LogP contribution < -0.4 is 5.32 Å². The number of fused-ring (bicyclic) bond motifs is 1. The standard InChI is InChI=1S/C22H20N2O2S2/c25-20(9-8-16-5-2-1-3-6-16)23-15-21(26)24-12-10-18-17(11-14-28-18)22(24)19-7-4-13-27-19/h1-9,11,13-14,22H,10,12,15H2,(H,23,25)/b9-8+/t22-/m0/s1. The molecule has 0 aliphatic carbocycles. The largest absolute Gasteiger partial charge is 0.343 e. The Hall–Kier alpha value is -2.70. The first-order chi connectivity index (χ1) is 13.7. The Morgan fingerprint density at radius 1 is 1.07 bits per heavy atom. The Morgan fingerprint density at radius 3 is 2.71 bits per heavy atom. The van der Waals surface area contributed by atoms with Gasteiger partial charge >= 0.3 is 0 Å². The lowest BCUT2D eigenvalue weighted by Crippen LogP contribution is -2.44. The van der Waals surface area contributed by atoms with Crippen LogP contribution in [0.3, 0.4) is 0 Å². The van der Waals surface area contributed by atoms with E-state index < -0.39 is 0 Å². The van der Waals surface area contributed by atoms with Crippen molar-refractivity contribution in [1.29, 1.82) is 0 Å². The third kappa shape index (κ3) is 4.08. The average Bonchev–Trinajstić information content (AvgIpc) is 3.42. The SMILES string of the molecule is O=C(/C=C/c1ccccc1)NCC(=O)N1CCc2sccc2[C@H]1c1cccs1. The lowest BCUT2D eigenvalue weighted by atomic mass is 9.98. The summed E-state index contributed by atoms with van der Waals surface area (Å²) in [4.78, 5) is 29.4. The molecule has 3 heterocycles. The number of amides is 2. The van der Waals surface area contributed by atoms with Crippen LogP contribution in [-0.4, -0.2) is 29.8 Å². The Morgan fingerprint density at radius 2 is 1.93 bits per heavy atom. The molecule has 2 amide bonds. The molecule has 4 nitrogen and oxygen atoms in total. The maximum Gasteiger partial charge on any atom is 0.244 e. The van der Waals surface area contributed by atoms with Gasteiger partial charge in [-0.2, -0.15) is 0 Å². The molecule has 3 aromatic rings. The van der Waals surface area contributed by atoms with Crippen LogP contribution in [0, 0.1) is 0 Å². The van der Waals surface area contributed by atoms with Gasteiger partial charge in [-0.1, -0.05) is 36.4 Å². The molecular weight excluding hydrogens is 388 g/mol. The highest BCUT2D eigenvalue weighted by atomic mass is 32.1. The molecule has 0 unspecified atom stereocenters. The van der Waals surface area contributed by atoms with Gasteiger partial charge in [0, 0.05) is 22.4 Å². The highest BCUT2D eigenvalue weighted by Gasteiger charge is 2.33. The van der Waals surface area contributed by atoms with Gasteiger partial charge in [-0.25, -0.2) is 0 Å². The summed E-state index contributed by atoms with van der Waals surface area (Å²) >= 11 is 3.41. The molecule has 0 saturated carbocycles. The molecule has 1 aromatic carbocycles. The second-order valence-corrected chi connectivity index (χ2v) is 8.50. The summed E-state index contributed by atoms with van der Waals surface area (Å²) in [5.41, 5.74) is 2.16. The maximum atomic E-state index is 12.9. The number of benzene rings is 1. The Bertz CT molecular complexity index is 977. The Kier molecular flexibility index (Phi) is 5.69. The zero-order valence-corrected chi connectivity index (χ0v) is 16.8. The number of thiophene rings is 2. The third-order valence-corrected chi connectivity index (χ3v) is 6.66. The van der Waals surface area contributed by atoms with E-state index in [1.54, 1.807) is 28.7 Å². The summed E-state index contributed by atoms with van der Waals surface area (Å²) in [5, 5.41) is 6.85.